The Balaban J connectivity index is 2.10. The number of carbonyl (C=O) groups is 1. The largest absolute Gasteiger partial charge is 0.495 e. The van der Waals surface area contributed by atoms with Crippen LogP contribution in [0.4, 0.5) is 0 Å². The molecule has 1 amide bonds. The van der Waals surface area contributed by atoms with Gasteiger partial charge >= 0.3 is 0 Å². The Morgan fingerprint density at radius 1 is 1.28 bits per heavy atom. The first-order chi connectivity index (χ1) is 12.2. The first-order valence-electron chi connectivity index (χ1n) is 7.76. The van der Waals surface area contributed by atoms with Gasteiger partial charge in [0.15, 0.2) is 0 Å². The number of hydrogen-bond donors (Lipinski definition) is 1. The highest BCUT2D eigenvalue weighted by Crippen LogP contribution is 2.41. The molecule has 0 saturated heterocycles. The maximum absolute atomic E-state index is 12.8. The van der Waals surface area contributed by atoms with Gasteiger partial charge in [-0.2, -0.15) is 0 Å². The molecule has 0 atom stereocenters. The maximum Gasteiger partial charge on any atom is 0.256 e. The standard InChI is InChI=1S/C20H18N2O2S/c1-4-11-21-12-13(2)22-20(23)15-9-10-16(24-3)19-18(15)14-7-5-6-8-17(14)25-19/h4-12H,1H2,2-3H3,(H,22,23)/b13-12+,21-11?. The van der Waals surface area contributed by atoms with Gasteiger partial charge in [0.05, 0.1) is 11.8 Å². The van der Waals surface area contributed by atoms with Crippen molar-refractivity contribution in [1.29, 1.82) is 0 Å². The average Bonchev–Trinajstić information content (AvgIpc) is 3.00. The van der Waals surface area contributed by atoms with E-state index in [-0.39, 0.29) is 5.91 Å². The molecular formula is C20H18N2O2S. The van der Waals surface area contributed by atoms with Crippen molar-refractivity contribution in [2.45, 2.75) is 6.92 Å². The van der Waals surface area contributed by atoms with Gasteiger partial charge in [0, 0.05) is 39.1 Å². The van der Waals surface area contributed by atoms with Gasteiger partial charge in [-0.3, -0.25) is 9.79 Å². The highest BCUT2D eigenvalue weighted by Gasteiger charge is 2.17. The first kappa shape index (κ1) is 16.9. The van der Waals surface area contributed by atoms with Gasteiger partial charge < -0.3 is 10.1 Å². The summed E-state index contributed by atoms with van der Waals surface area (Å²) in [6, 6.07) is 11.7. The van der Waals surface area contributed by atoms with Gasteiger partial charge in [-0.05, 0) is 25.1 Å². The quantitative estimate of drug-likeness (QED) is 0.665. The molecule has 2 aromatic carbocycles. The van der Waals surface area contributed by atoms with Crippen molar-refractivity contribution in [3.05, 3.63) is 66.5 Å². The minimum absolute atomic E-state index is 0.168. The van der Waals surface area contributed by atoms with Crippen LogP contribution in [0.15, 0.2) is 65.9 Å². The molecule has 0 aliphatic rings. The predicted octanol–water partition coefficient (Wildman–Crippen LogP) is 4.91. The molecule has 5 heteroatoms. The summed E-state index contributed by atoms with van der Waals surface area (Å²) in [5.41, 5.74) is 1.28. The van der Waals surface area contributed by atoms with Gasteiger partial charge in [-0.15, -0.1) is 11.3 Å². The van der Waals surface area contributed by atoms with E-state index in [4.69, 9.17) is 4.74 Å². The van der Waals surface area contributed by atoms with Crippen LogP contribution in [-0.2, 0) is 0 Å². The molecule has 4 nitrogen and oxygen atoms in total. The Bertz CT molecular complexity index is 1020. The number of thiophene rings is 1. The van der Waals surface area contributed by atoms with Gasteiger partial charge in [0.2, 0.25) is 0 Å². The molecular weight excluding hydrogens is 332 g/mol. The number of nitrogens with one attached hydrogen (secondary N) is 1. The Hall–Kier alpha value is -2.92. The van der Waals surface area contributed by atoms with Gasteiger partial charge in [-0.1, -0.05) is 30.9 Å². The van der Waals surface area contributed by atoms with Crippen LogP contribution in [0.1, 0.15) is 17.3 Å². The third-order valence-corrected chi connectivity index (χ3v) is 4.91. The predicted molar refractivity (Wildman–Crippen MR) is 106 cm³/mol. The number of amides is 1. The van der Waals surface area contributed by atoms with Gasteiger partial charge in [0.25, 0.3) is 5.91 Å². The zero-order chi connectivity index (χ0) is 17.8. The van der Waals surface area contributed by atoms with Crippen molar-refractivity contribution in [1.82, 2.24) is 5.32 Å². The summed E-state index contributed by atoms with van der Waals surface area (Å²) in [7, 11) is 1.64. The van der Waals surface area contributed by atoms with Gasteiger partial charge in [0.1, 0.15) is 5.75 Å². The third kappa shape index (κ3) is 3.32. The normalized spacial score (nSPS) is 12.0. The van der Waals surface area contributed by atoms with E-state index in [0.717, 1.165) is 25.9 Å². The van der Waals surface area contributed by atoms with Crippen LogP contribution in [0.25, 0.3) is 20.2 Å². The van der Waals surface area contributed by atoms with Crippen LogP contribution in [0.3, 0.4) is 0 Å². The number of allylic oxidation sites excluding steroid dienone is 2. The fourth-order valence-corrected chi connectivity index (χ4v) is 3.87. The number of benzene rings is 2. The van der Waals surface area contributed by atoms with Crippen molar-refractivity contribution in [3.8, 4) is 5.75 Å². The lowest BCUT2D eigenvalue weighted by atomic mass is 10.1. The Kier molecular flexibility index (Phi) is 4.95. The monoisotopic (exact) mass is 350 g/mol. The summed E-state index contributed by atoms with van der Waals surface area (Å²) in [4.78, 5) is 16.8. The summed E-state index contributed by atoms with van der Waals surface area (Å²) >= 11 is 1.63. The lowest BCUT2D eigenvalue weighted by Gasteiger charge is -2.08. The lowest BCUT2D eigenvalue weighted by Crippen LogP contribution is -2.21. The van der Waals surface area contributed by atoms with E-state index in [2.05, 4.69) is 23.0 Å². The van der Waals surface area contributed by atoms with Crippen LogP contribution in [0, 0.1) is 0 Å². The van der Waals surface area contributed by atoms with Crippen LogP contribution in [-0.4, -0.2) is 19.2 Å². The fourth-order valence-electron chi connectivity index (χ4n) is 2.65. The van der Waals surface area contributed by atoms with Crippen molar-refractivity contribution in [2.75, 3.05) is 7.11 Å². The van der Waals surface area contributed by atoms with Crippen molar-refractivity contribution >= 4 is 43.6 Å². The molecule has 0 fully saturated rings. The fraction of sp³-hybridized carbons (Fsp3) is 0.100. The number of hydrogen-bond acceptors (Lipinski definition) is 4. The van der Waals surface area contributed by atoms with E-state index < -0.39 is 0 Å². The number of carbonyl (C=O) groups excluding carboxylic acids is 1. The molecule has 0 aliphatic carbocycles. The Morgan fingerprint density at radius 2 is 2.08 bits per heavy atom. The average molecular weight is 350 g/mol. The zero-order valence-electron chi connectivity index (χ0n) is 14.1. The molecule has 25 heavy (non-hydrogen) atoms. The molecule has 1 N–H and O–H groups in total. The molecule has 3 rings (SSSR count). The molecule has 1 heterocycles. The molecule has 126 valence electrons. The highest BCUT2D eigenvalue weighted by molar-refractivity contribution is 7.26. The zero-order valence-corrected chi connectivity index (χ0v) is 14.9. The third-order valence-electron chi connectivity index (χ3n) is 3.72. The molecule has 0 radical (unpaired) electrons. The van der Waals surface area contributed by atoms with Crippen LogP contribution in [0.2, 0.25) is 0 Å². The Labute approximate surface area is 150 Å². The number of methoxy groups -OCH3 is 1. The number of rotatable bonds is 5. The summed E-state index contributed by atoms with van der Waals surface area (Å²) in [6.07, 6.45) is 4.73. The summed E-state index contributed by atoms with van der Waals surface area (Å²) in [6.45, 7) is 5.36. The second-order valence-corrected chi connectivity index (χ2v) is 6.47. The lowest BCUT2D eigenvalue weighted by molar-refractivity contribution is 0.0967. The SMILES string of the molecule is C=CC=N/C=C(\C)NC(=O)c1ccc(OC)c2sc3ccccc3c12. The summed E-state index contributed by atoms with van der Waals surface area (Å²) in [5, 5.41) is 4.85. The Morgan fingerprint density at radius 3 is 2.84 bits per heavy atom. The minimum Gasteiger partial charge on any atom is -0.495 e. The van der Waals surface area contributed by atoms with E-state index >= 15 is 0 Å². The summed E-state index contributed by atoms with van der Waals surface area (Å²) < 4.78 is 7.58. The second kappa shape index (κ2) is 7.32. The first-order valence-corrected chi connectivity index (χ1v) is 8.58. The second-order valence-electron chi connectivity index (χ2n) is 5.42. The number of fused-ring (bicyclic) bond motifs is 3. The number of nitrogens with zero attached hydrogens (tertiary/aromatic N) is 1. The van der Waals surface area contributed by atoms with Crippen LogP contribution < -0.4 is 10.1 Å². The minimum atomic E-state index is -0.168. The van der Waals surface area contributed by atoms with Crippen molar-refractivity contribution in [3.63, 3.8) is 0 Å². The molecule has 0 unspecified atom stereocenters. The molecule has 0 saturated carbocycles. The molecule has 1 aromatic heterocycles. The van der Waals surface area contributed by atoms with E-state index in [1.807, 2.05) is 24.3 Å². The van der Waals surface area contributed by atoms with E-state index in [1.54, 1.807) is 49.9 Å². The van der Waals surface area contributed by atoms with E-state index in [9.17, 15) is 4.79 Å². The molecule has 0 spiro atoms. The highest BCUT2D eigenvalue weighted by atomic mass is 32.1. The van der Waals surface area contributed by atoms with Crippen LogP contribution in [0.5, 0.6) is 5.75 Å². The van der Waals surface area contributed by atoms with Gasteiger partial charge in [-0.25, -0.2) is 0 Å². The van der Waals surface area contributed by atoms with E-state index in [0.29, 0.717) is 11.3 Å². The topological polar surface area (TPSA) is 50.7 Å². The molecule has 0 aliphatic heterocycles. The maximum atomic E-state index is 12.8. The number of ether oxygens (including phenoxy) is 1. The number of aliphatic imine (C=N–C) groups is 1. The van der Waals surface area contributed by atoms with Crippen molar-refractivity contribution < 1.29 is 9.53 Å². The smallest absolute Gasteiger partial charge is 0.256 e. The van der Waals surface area contributed by atoms with E-state index in [1.165, 1.54) is 0 Å². The van der Waals surface area contributed by atoms with Crippen LogP contribution >= 0.6 is 11.3 Å². The summed E-state index contributed by atoms with van der Waals surface area (Å²) in [5.74, 6) is 0.606. The molecule has 0 bridgehead atoms. The van der Waals surface area contributed by atoms with Crippen molar-refractivity contribution in [2.24, 2.45) is 4.99 Å². The molecule has 3 aromatic rings.